The van der Waals surface area contributed by atoms with Gasteiger partial charge in [0.05, 0.1) is 0 Å². The molecule has 1 heterocycles. The minimum atomic E-state index is -0.192. The van der Waals surface area contributed by atoms with Gasteiger partial charge in [-0.15, -0.1) is 0 Å². The van der Waals surface area contributed by atoms with E-state index in [1.54, 1.807) is 30.5 Å². The highest BCUT2D eigenvalue weighted by Crippen LogP contribution is 2.05. The summed E-state index contributed by atoms with van der Waals surface area (Å²) in [5, 5.41) is 10.6. The Morgan fingerprint density at radius 3 is 2.85 bits per heavy atom. The van der Waals surface area contributed by atoms with Crippen LogP contribution in [0.2, 0.25) is 0 Å². The number of hydrogen-bond donors (Lipinski definition) is 2. The second-order valence-electron chi connectivity index (χ2n) is 4.36. The molecule has 0 amide bonds. The third kappa shape index (κ3) is 4.66. The van der Waals surface area contributed by atoms with Gasteiger partial charge in [-0.2, -0.15) is 11.3 Å². The minimum absolute atomic E-state index is 0.192. The van der Waals surface area contributed by atoms with Gasteiger partial charge >= 0.3 is 0 Å². The molecule has 0 saturated heterocycles. The number of nitrogens with zero attached hydrogens (tertiary/aromatic N) is 1. The van der Waals surface area contributed by atoms with Gasteiger partial charge in [0.2, 0.25) is 0 Å². The van der Waals surface area contributed by atoms with E-state index in [-0.39, 0.29) is 5.82 Å². The highest BCUT2D eigenvalue weighted by atomic mass is 32.1. The third-order valence-corrected chi connectivity index (χ3v) is 3.59. The van der Waals surface area contributed by atoms with Gasteiger partial charge in [0.15, 0.2) is 5.96 Å². The second kappa shape index (κ2) is 7.65. The standard InChI is InChI=1S/C15H18FN3S/c1-17-15(19-10-13-6-8-20-11-13)18-7-5-12-3-2-4-14(16)9-12/h2-4,6,8-9,11H,5,7,10H2,1H3,(H2,17,18,19). The average molecular weight is 291 g/mol. The first kappa shape index (κ1) is 14.5. The van der Waals surface area contributed by atoms with Crippen molar-refractivity contribution in [2.45, 2.75) is 13.0 Å². The van der Waals surface area contributed by atoms with Crippen LogP contribution in [0, 0.1) is 5.82 Å². The number of guanidine groups is 1. The number of benzene rings is 1. The lowest BCUT2D eigenvalue weighted by Crippen LogP contribution is -2.37. The minimum Gasteiger partial charge on any atom is -0.356 e. The fourth-order valence-corrected chi connectivity index (χ4v) is 2.49. The molecule has 0 fully saturated rings. The summed E-state index contributed by atoms with van der Waals surface area (Å²) in [6.07, 6.45) is 0.761. The van der Waals surface area contributed by atoms with Gasteiger partial charge in [-0.25, -0.2) is 4.39 Å². The van der Waals surface area contributed by atoms with E-state index in [1.165, 1.54) is 11.6 Å². The van der Waals surface area contributed by atoms with E-state index in [0.717, 1.165) is 24.5 Å². The summed E-state index contributed by atoms with van der Waals surface area (Å²) in [5.74, 6) is 0.565. The highest BCUT2D eigenvalue weighted by Gasteiger charge is 1.99. The van der Waals surface area contributed by atoms with E-state index in [2.05, 4.69) is 32.5 Å². The van der Waals surface area contributed by atoms with Crippen LogP contribution in [-0.2, 0) is 13.0 Å². The molecule has 0 saturated carbocycles. The molecule has 0 radical (unpaired) electrons. The van der Waals surface area contributed by atoms with E-state index in [0.29, 0.717) is 6.54 Å². The van der Waals surface area contributed by atoms with Crippen LogP contribution in [0.4, 0.5) is 4.39 Å². The quantitative estimate of drug-likeness (QED) is 0.656. The maximum absolute atomic E-state index is 13.0. The first-order valence-corrected chi connectivity index (χ1v) is 7.42. The molecule has 1 aromatic carbocycles. The molecule has 0 unspecified atom stereocenters. The van der Waals surface area contributed by atoms with Crippen LogP contribution in [0.1, 0.15) is 11.1 Å². The van der Waals surface area contributed by atoms with E-state index in [1.807, 2.05) is 6.07 Å². The van der Waals surface area contributed by atoms with E-state index in [9.17, 15) is 4.39 Å². The van der Waals surface area contributed by atoms with E-state index >= 15 is 0 Å². The zero-order valence-corrected chi connectivity index (χ0v) is 12.2. The average Bonchev–Trinajstić information content (AvgIpc) is 2.96. The Bertz CT molecular complexity index is 552. The predicted molar refractivity (Wildman–Crippen MR) is 82.6 cm³/mol. The van der Waals surface area contributed by atoms with Crippen molar-refractivity contribution in [3.63, 3.8) is 0 Å². The lowest BCUT2D eigenvalue weighted by atomic mass is 10.1. The maximum Gasteiger partial charge on any atom is 0.191 e. The van der Waals surface area contributed by atoms with Crippen molar-refractivity contribution in [3.05, 3.63) is 58.0 Å². The number of hydrogen-bond acceptors (Lipinski definition) is 2. The molecule has 2 N–H and O–H groups in total. The normalized spacial score (nSPS) is 11.4. The van der Waals surface area contributed by atoms with Crippen LogP contribution in [0.3, 0.4) is 0 Å². The lowest BCUT2D eigenvalue weighted by molar-refractivity contribution is 0.625. The Hall–Kier alpha value is -1.88. The maximum atomic E-state index is 13.0. The Kier molecular flexibility index (Phi) is 5.55. The fourth-order valence-electron chi connectivity index (χ4n) is 1.82. The summed E-state index contributed by atoms with van der Waals surface area (Å²) in [4.78, 5) is 4.16. The Morgan fingerprint density at radius 2 is 2.15 bits per heavy atom. The molecule has 2 aromatic rings. The molecule has 0 spiro atoms. The van der Waals surface area contributed by atoms with E-state index < -0.39 is 0 Å². The monoisotopic (exact) mass is 291 g/mol. The summed E-state index contributed by atoms with van der Waals surface area (Å²) in [6, 6.07) is 8.75. The molecule has 20 heavy (non-hydrogen) atoms. The van der Waals surface area contributed by atoms with Crippen molar-refractivity contribution >= 4 is 17.3 Å². The van der Waals surface area contributed by atoms with Crippen LogP contribution >= 0.6 is 11.3 Å². The van der Waals surface area contributed by atoms with Crippen molar-refractivity contribution in [1.82, 2.24) is 10.6 Å². The van der Waals surface area contributed by atoms with Crippen molar-refractivity contribution in [3.8, 4) is 0 Å². The number of thiophene rings is 1. The fraction of sp³-hybridized carbons (Fsp3) is 0.267. The number of halogens is 1. The van der Waals surface area contributed by atoms with Crippen LogP contribution in [0.5, 0.6) is 0 Å². The number of rotatable bonds is 5. The molecule has 3 nitrogen and oxygen atoms in total. The zero-order valence-electron chi connectivity index (χ0n) is 11.4. The van der Waals surface area contributed by atoms with Gasteiger partial charge in [0.1, 0.15) is 5.82 Å². The largest absolute Gasteiger partial charge is 0.356 e. The SMILES string of the molecule is CN=C(NCCc1cccc(F)c1)NCc1ccsc1. The summed E-state index contributed by atoms with van der Waals surface area (Å²) in [6.45, 7) is 1.47. The van der Waals surface area contributed by atoms with Gasteiger partial charge in [-0.3, -0.25) is 4.99 Å². The van der Waals surface area contributed by atoms with E-state index in [4.69, 9.17) is 0 Å². The number of aliphatic imine (C=N–C) groups is 1. The molecule has 106 valence electrons. The Labute approximate surface area is 122 Å². The molecular weight excluding hydrogens is 273 g/mol. The summed E-state index contributed by atoms with van der Waals surface area (Å²) in [7, 11) is 1.74. The molecule has 0 aliphatic carbocycles. The van der Waals surface area contributed by atoms with Gasteiger partial charge in [0, 0.05) is 20.1 Å². The predicted octanol–water partition coefficient (Wildman–Crippen LogP) is 2.79. The summed E-state index contributed by atoms with van der Waals surface area (Å²) in [5.41, 5.74) is 2.22. The topological polar surface area (TPSA) is 36.4 Å². The lowest BCUT2D eigenvalue weighted by Gasteiger charge is -2.11. The third-order valence-electron chi connectivity index (χ3n) is 2.86. The first-order valence-electron chi connectivity index (χ1n) is 6.48. The van der Waals surface area contributed by atoms with Crippen molar-refractivity contribution < 1.29 is 4.39 Å². The summed E-state index contributed by atoms with van der Waals surface area (Å²) < 4.78 is 13.0. The molecule has 0 atom stereocenters. The van der Waals surface area contributed by atoms with Crippen LogP contribution < -0.4 is 10.6 Å². The van der Waals surface area contributed by atoms with Crippen LogP contribution in [0.25, 0.3) is 0 Å². The van der Waals surface area contributed by atoms with Crippen molar-refractivity contribution in [2.24, 2.45) is 4.99 Å². The second-order valence-corrected chi connectivity index (χ2v) is 5.14. The molecule has 5 heteroatoms. The molecule has 2 rings (SSSR count). The molecule has 0 aliphatic heterocycles. The van der Waals surface area contributed by atoms with Gasteiger partial charge in [-0.05, 0) is 46.5 Å². The van der Waals surface area contributed by atoms with Crippen molar-refractivity contribution in [2.75, 3.05) is 13.6 Å². The molecule has 0 bridgehead atoms. The zero-order chi connectivity index (χ0) is 14.2. The smallest absolute Gasteiger partial charge is 0.191 e. The Morgan fingerprint density at radius 1 is 1.25 bits per heavy atom. The Balaban J connectivity index is 1.74. The van der Waals surface area contributed by atoms with Gasteiger partial charge in [-0.1, -0.05) is 12.1 Å². The van der Waals surface area contributed by atoms with Gasteiger partial charge in [0.25, 0.3) is 0 Å². The molecular formula is C15H18FN3S. The highest BCUT2D eigenvalue weighted by molar-refractivity contribution is 7.07. The van der Waals surface area contributed by atoms with Gasteiger partial charge < -0.3 is 10.6 Å². The number of nitrogens with one attached hydrogen (secondary N) is 2. The van der Waals surface area contributed by atoms with Crippen LogP contribution in [-0.4, -0.2) is 19.6 Å². The summed E-state index contributed by atoms with van der Waals surface area (Å²) >= 11 is 1.68. The van der Waals surface area contributed by atoms with Crippen LogP contribution in [0.15, 0.2) is 46.1 Å². The van der Waals surface area contributed by atoms with Crippen molar-refractivity contribution in [1.29, 1.82) is 0 Å². The first-order chi connectivity index (χ1) is 9.78. The molecule has 0 aliphatic rings. The molecule has 1 aromatic heterocycles.